The summed E-state index contributed by atoms with van der Waals surface area (Å²) in [6.07, 6.45) is 0. The zero-order valence-electron chi connectivity index (χ0n) is 10.6. The molecule has 2 rings (SSSR count). The molecule has 20 heavy (non-hydrogen) atoms. The first-order valence-corrected chi connectivity index (χ1v) is 6.94. The summed E-state index contributed by atoms with van der Waals surface area (Å²) < 4.78 is 0.759. The fourth-order valence-electron chi connectivity index (χ4n) is 1.73. The Morgan fingerprint density at radius 1 is 1.45 bits per heavy atom. The van der Waals surface area contributed by atoms with Gasteiger partial charge in [-0.15, -0.1) is 0 Å². The number of hydrogen-bond acceptors (Lipinski definition) is 4. The van der Waals surface area contributed by atoms with Crippen molar-refractivity contribution in [2.24, 2.45) is 0 Å². The highest BCUT2D eigenvalue weighted by Gasteiger charge is 2.14. The average molecular weight is 357 g/mol. The summed E-state index contributed by atoms with van der Waals surface area (Å²) in [4.78, 5) is 14.6. The van der Waals surface area contributed by atoms with Crippen molar-refractivity contribution in [2.45, 2.75) is 13.5 Å². The van der Waals surface area contributed by atoms with Crippen LogP contribution >= 0.6 is 27.5 Å². The number of nitrogens with one attached hydrogen (secondary N) is 1. The van der Waals surface area contributed by atoms with Gasteiger partial charge in [-0.25, -0.2) is 4.98 Å². The van der Waals surface area contributed by atoms with Crippen molar-refractivity contribution in [1.82, 2.24) is 4.98 Å². The van der Waals surface area contributed by atoms with E-state index in [0.29, 0.717) is 6.54 Å². The van der Waals surface area contributed by atoms with Crippen LogP contribution in [0.1, 0.15) is 11.3 Å². The van der Waals surface area contributed by atoms with Crippen LogP contribution in [-0.4, -0.2) is 9.91 Å². The standard InChI is InChI=1S/C13H11BrClN3O2/c1-8-5-12(18(19)20)10(15)6-11(8)16-7-9-3-2-4-13(14)17-9/h2-6,16H,7H2,1H3. The van der Waals surface area contributed by atoms with E-state index in [0.717, 1.165) is 21.5 Å². The molecule has 0 radical (unpaired) electrons. The second-order valence-electron chi connectivity index (χ2n) is 4.18. The van der Waals surface area contributed by atoms with Crippen molar-refractivity contribution in [3.05, 3.63) is 61.3 Å². The van der Waals surface area contributed by atoms with E-state index in [-0.39, 0.29) is 10.7 Å². The number of rotatable bonds is 4. The predicted molar refractivity (Wildman–Crippen MR) is 82.1 cm³/mol. The Hall–Kier alpha value is -1.66. The van der Waals surface area contributed by atoms with Gasteiger partial charge in [-0.05, 0) is 46.6 Å². The van der Waals surface area contributed by atoms with Gasteiger partial charge in [-0.1, -0.05) is 17.7 Å². The first-order valence-electron chi connectivity index (χ1n) is 5.77. The van der Waals surface area contributed by atoms with Gasteiger partial charge in [-0.3, -0.25) is 10.1 Å². The van der Waals surface area contributed by atoms with E-state index >= 15 is 0 Å². The normalized spacial score (nSPS) is 10.3. The average Bonchev–Trinajstić information content (AvgIpc) is 2.39. The monoisotopic (exact) mass is 355 g/mol. The third-order valence-electron chi connectivity index (χ3n) is 2.72. The molecule has 0 bridgehead atoms. The number of halogens is 2. The maximum absolute atomic E-state index is 10.8. The number of nitro groups is 1. The smallest absolute Gasteiger partial charge is 0.288 e. The fourth-order valence-corrected chi connectivity index (χ4v) is 2.34. The van der Waals surface area contributed by atoms with Gasteiger partial charge in [0.25, 0.3) is 5.69 Å². The summed E-state index contributed by atoms with van der Waals surface area (Å²) in [5.41, 5.74) is 2.28. The third-order valence-corrected chi connectivity index (χ3v) is 3.47. The zero-order chi connectivity index (χ0) is 14.7. The minimum atomic E-state index is -0.491. The van der Waals surface area contributed by atoms with Crippen molar-refractivity contribution < 1.29 is 4.92 Å². The van der Waals surface area contributed by atoms with Crippen LogP contribution < -0.4 is 5.32 Å². The number of anilines is 1. The van der Waals surface area contributed by atoms with Gasteiger partial charge >= 0.3 is 0 Å². The molecule has 0 unspecified atom stereocenters. The van der Waals surface area contributed by atoms with Gasteiger partial charge < -0.3 is 5.32 Å². The van der Waals surface area contributed by atoms with E-state index in [9.17, 15) is 10.1 Å². The Kier molecular flexibility index (Phi) is 4.57. The van der Waals surface area contributed by atoms with Crippen molar-refractivity contribution in [1.29, 1.82) is 0 Å². The molecule has 1 aromatic carbocycles. The van der Waals surface area contributed by atoms with Gasteiger partial charge in [-0.2, -0.15) is 0 Å². The molecule has 5 nitrogen and oxygen atoms in total. The highest BCUT2D eigenvalue weighted by Crippen LogP contribution is 2.30. The predicted octanol–water partition coefficient (Wildman–Crippen LogP) is 4.33. The SMILES string of the molecule is Cc1cc([N+](=O)[O-])c(Cl)cc1NCc1cccc(Br)n1. The fraction of sp³-hybridized carbons (Fsp3) is 0.154. The van der Waals surface area contributed by atoms with Gasteiger partial charge in [0, 0.05) is 11.8 Å². The first-order chi connectivity index (χ1) is 9.47. The van der Waals surface area contributed by atoms with Crippen LogP contribution in [-0.2, 0) is 6.54 Å². The molecule has 0 aliphatic rings. The first kappa shape index (κ1) is 14.7. The van der Waals surface area contributed by atoms with E-state index in [2.05, 4.69) is 26.2 Å². The number of nitro benzene ring substituents is 1. The van der Waals surface area contributed by atoms with Crippen LogP contribution in [0.3, 0.4) is 0 Å². The summed E-state index contributed by atoms with van der Waals surface area (Å²) in [6, 6.07) is 8.65. The van der Waals surface area contributed by atoms with Crippen LogP contribution in [0, 0.1) is 17.0 Å². The Morgan fingerprint density at radius 2 is 2.20 bits per heavy atom. The van der Waals surface area contributed by atoms with Crippen molar-refractivity contribution in [2.75, 3.05) is 5.32 Å². The van der Waals surface area contributed by atoms with E-state index in [1.54, 1.807) is 13.0 Å². The Labute approximate surface area is 129 Å². The Balaban J connectivity index is 2.18. The zero-order valence-corrected chi connectivity index (χ0v) is 12.9. The van der Waals surface area contributed by atoms with E-state index in [4.69, 9.17) is 11.6 Å². The quantitative estimate of drug-likeness (QED) is 0.503. The van der Waals surface area contributed by atoms with Crippen LogP contribution in [0.5, 0.6) is 0 Å². The van der Waals surface area contributed by atoms with Crippen LogP contribution in [0.25, 0.3) is 0 Å². The van der Waals surface area contributed by atoms with E-state index in [1.165, 1.54) is 6.07 Å². The molecule has 0 aliphatic carbocycles. The minimum absolute atomic E-state index is 0.0877. The lowest BCUT2D eigenvalue weighted by molar-refractivity contribution is -0.384. The largest absolute Gasteiger partial charge is 0.379 e. The maximum Gasteiger partial charge on any atom is 0.288 e. The molecule has 104 valence electrons. The molecule has 0 aliphatic heterocycles. The maximum atomic E-state index is 10.8. The number of pyridine rings is 1. The molecule has 0 amide bonds. The molecule has 1 N–H and O–H groups in total. The summed E-state index contributed by atoms with van der Waals surface area (Å²) in [7, 11) is 0. The van der Waals surface area contributed by atoms with Crippen LogP contribution in [0.2, 0.25) is 5.02 Å². The summed E-state index contributed by atoms with van der Waals surface area (Å²) in [6.45, 7) is 2.30. The lowest BCUT2D eigenvalue weighted by Gasteiger charge is -2.10. The third kappa shape index (κ3) is 3.46. The Morgan fingerprint density at radius 3 is 2.85 bits per heavy atom. The highest BCUT2D eigenvalue weighted by molar-refractivity contribution is 9.10. The molecule has 2 aromatic rings. The molecule has 1 aromatic heterocycles. The molecule has 1 heterocycles. The molecule has 0 saturated carbocycles. The molecule has 0 atom stereocenters. The lowest BCUT2D eigenvalue weighted by atomic mass is 10.1. The van der Waals surface area contributed by atoms with Crippen molar-refractivity contribution >= 4 is 38.9 Å². The topological polar surface area (TPSA) is 68.1 Å². The minimum Gasteiger partial charge on any atom is -0.379 e. The molecule has 0 spiro atoms. The lowest BCUT2D eigenvalue weighted by Crippen LogP contribution is -2.03. The van der Waals surface area contributed by atoms with Gasteiger partial charge in [0.2, 0.25) is 0 Å². The second-order valence-corrected chi connectivity index (χ2v) is 5.40. The molecular formula is C13H11BrClN3O2. The van der Waals surface area contributed by atoms with Crippen LogP contribution in [0.15, 0.2) is 34.9 Å². The molecule has 0 saturated heterocycles. The Bertz CT molecular complexity index is 664. The number of benzene rings is 1. The summed E-state index contributed by atoms with van der Waals surface area (Å²) in [5.74, 6) is 0. The number of aromatic nitrogens is 1. The number of nitrogens with zero attached hydrogens (tertiary/aromatic N) is 2. The van der Waals surface area contributed by atoms with Gasteiger partial charge in [0.1, 0.15) is 9.63 Å². The summed E-state index contributed by atoms with van der Waals surface area (Å²) in [5, 5.41) is 14.1. The van der Waals surface area contributed by atoms with Gasteiger partial charge in [0.15, 0.2) is 0 Å². The summed E-state index contributed by atoms with van der Waals surface area (Å²) >= 11 is 9.20. The van der Waals surface area contributed by atoms with Crippen molar-refractivity contribution in [3.63, 3.8) is 0 Å². The number of hydrogen-bond donors (Lipinski definition) is 1. The van der Waals surface area contributed by atoms with E-state index in [1.807, 2.05) is 18.2 Å². The van der Waals surface area contributed by atoms with Crippen molar-refractivity contribution in [3.8, 4) is 0 Å². The number of aryl methyl sites for hydroxylation is 1. The van der Waals surface area contributed by atoms with Gasteiger partial charge in [0.05, 0.1) is 17.2 Å². The van der Waals surface area contributed by atoms with E-state index < -0.39 is 4.92 Å². The highest BCUT2D eigenvalue weighted by atomic mass is 79.9. The molecule has 7 heteroatoms. The molecule has 0 fully saturated rings. The molecular weight excluding hydrogens is 346 g/mol. The second kappa shape index (κ2) is 6.19. The van der Waals surface area contributed by atoms with Crippen LogP contribution in [0.4, 0.5) is 11.4 Å².